The van der Waals surface area contributed by atoms with Gasteiger partial charge in [0, 0.05) is 36.4 Å². The van der Waals surface area contributed by atoms with Crippen molar-refractivity contribution in [2.45, 2.75) is 33.2 Å². The third-order valence-electron chi connectivity index (χ3n) is 4.50. The van der Waals surface area contributed by atoms with Crippen LogP contribution in [-0.2, 0) is 7.05 Å². The molecule has 5 nitrogen and oxygen atoms in total. The van der Waals surface area contributed by atoms with Gasteiger partial charge < -0.3 is 15.0 Å². The van der Waals surface area contributed by atoms with E-state index in [0.717, 1.165) is 28.4 Å². The molecule has 0 fully saturated rings. The molecule has 3 aromatic rings. The number of nitrogens with two attached hydrogens (primary N) is 1. The Balaban J connectivity index is 2.09. The van der Waals surface area contributed by atoms with Gasteiger partial charge in [-0.2, -0.15) is 0 Å². The van der Waals surface area contributed by atoms with Crippen molar-refractivity contribution in [3.8, 4) is 5.75 Å². The van der Waals surface area contributed by atoms with Crippen LogP contribution in [0.5, 0.6) is 5.75 Å². The van der Waals surface area contributed by atoms with Crippen LogP contribution in [0, 0.1) is 12.8 Å². The summed E-state index contributed by atoms with van der Waals surface area (Å²) in [5.41, 5.74) is 7.63. The SMILES string of the molecule is Cc1cc2c(cn1)c(=O)n(C)c1cc(OCC(N)CC(C)C)c(Cl)cc21. The summed E-state index contributed by atoms with van der Waals surface area (Å²) in [6.45, 7) is 6.53. The average molecular weight is 374 g/mol. The standard InChI is InChI=1S/C20H24ClN3O2/c1-11(2)5-13(22)10-26-19-8-18-15(7-17(19)21)14-6-12(3)23-9-16(14)20(25)24(18)4/h6-9,11,13H,5,10,22H2,1-4H3. The van der Waals surface area contributed by atoms with Crippen molar-refractivity contribution in [2.75, 3.05) is 6.61 Å². The van der Waals surface area contributed by atoms with Crippen LogP contribution < -0.4 is 16.0 Å². The van der Waals surface area contributed by atoms with E-state index in [4.69, 9.17) is 22.1 Å². The molecule has 26 heavy (non-hydrogen) atoms. The number of ether oxygens (including phenoxy) is 1. The number of rotatable bonds is 5. The predicted molar refractivity (Wildman–Crippen MR) is 107 cm³/mol. The van der Waals surface area contributed by atoms with E-state index in [0.29, 0.717) is 28.7 Å². The molecule has 6 heteroatoms. The van der Waals surface area contributed by atoms with Gasteiger partial charge in [0.2, 0.25) is 0 Å². The molecule has 0 aliphatic carbocycles. The fraction of sp³-hybridized carbons (Fsp3) is 0.400. The van der Waals surface area contributed by atoms with E-state index in [1.54, 1.807) is 17.8 Å². The van der Waals surface area contributed by atoms with Gasteiger partial charge in [-0.3, -0.25) is 9.78 Å². The van der Waals surface area contributed by atoms with E-state index in [2.05, 4.69) is 18.8 Å². The molecule has 0 amide bonds. The summed E-state index contributed by atoms with van der Waals surface area (Å²) in [5, 5.41) is 2.83. The molecule has 0 spiro atoms. The summed E-state index contributed by atoms with van der Waals surface area (Å²) >= 11 is 6.46. The zero-order valence-corrected chi connectivity index (χ0v) is 16.3. The van der Waals surface area contributed by atoms with Gasteiger partial charge in [0.05, 0.1) is 15.9 Å². The Kier molecular flexibility index (Phi) is 5.21. The third-order valence-corrected chi connectivity index (χ3v) is 4.80. The van der Waals surface area contributed by atoms with Crippen LogP contribution in [-0.4, -0.2) is 22.2 Å². The van der Waals surface area contributed by atoms with E-state index >= 15 is 0 Å². The Morgan fingerprint density at radius 3 is 2.65 bits per heavy atom. The van der Waals surface area contributed by atoms with Gasteiger partial charge in [-0.15, -0.1) is 0 Å². The molecular formula is C20H24ClN3O2. The second-order valence-electron chi connectivity index (χ2n) is 7.24. The number of fused-ring (bicyclic) bond motifs is 3. The molecule has 2 N–H and O–H groups in total. The minimum atomic E-state index is -0.0928. The Hall–Kier alpha value is -2.11. The van der Waals surface area contributed by atoms with Crippen molar-refractivity contribution in [1.29, 1.82) is 0 Å². The van der Waals surface area contributed by atoms with Crippen LogP contribution in [0.4, 0.5) is 0 Å². The first-order chi connectivity index (χ1) is 12.3. The highest BCUT2D eigenvalue weighted by Crippen LogP contribution is 2.33. The van der Waals surface area contributed by atoms with Gasteiger partial charge in [-0.05, 0) is 36.8 Å². The van der Waals surface area contributed by atoms with Crippen LogP contribution in [0.15, 0.2) is 29.2 Å². The molecule has 2 heterocycles. The van der Waals surface area contributed by atoms with E-state index in [1.165, 1.54) is 0 Å². The summed E-state index contributed by atoms with van der Waals surface area (Å²) in [4.78, 5) is 16.9. The van der Waals surface area contributed by atoms with Crippen molar-refractivity contribution >= 4 is 33.3 Å². The number of aryl methyl sites for hydroxylation is 2. The molecule has 3 rings (SSSR count). The molecule has 0 saturated heterocycles. The molecule has 1 unspecified atom stereocenters. The number of hydrogen-bond donors (Lipinski definition) is 1. The van der Waals surface area contributed by atoms with Crippen LogP contribution in [0.3, 0.4) is 0 Å². The molecule has 0 saturated carbocycles. The Morgan fingerprint density at radius 2 is 1.96 bits per heavy atom. The predicted octanol–water partition coefficient (Wildman–Crippen LogP) is 3.80. The smallest absolute Gasteiger partial charge is 0.260 e. The number of aromatic nitrogens is 2. The topological polar surface area (TPSA) is 70.1 Å². The normalized spacial score (nSPS) is 12.9. The lowest BCUT2D eigenvalue weighted by Gasteiger charge is -2.17. The number of pyridine rings is 2. The molecular weight excluding hydrogens is 350 g/mol. The second kappa shape index (κ2) is 7.25. The monoisotopic (exact) mass is 373 g/mol. The number of halogens is 1. The quantitative estimate of drug-likeness (QED) is 0.690. The van der Waals surface area contributed by atoms with Gasteiger partial charge in [0.1, 0.15) is 12.4 Å². The maximum Gasteiger partial charge on any atom is 0.260 e. The number of nitrogens with zero attached hydrogens (tertiary/aromatic N) is 2. The molecule has 1 atom stereocenters. The average Bonchev–Trinajstić information content (AvgIpc) is 2.57. The molecule has 0 aliphatic rings. The van der Waals surface area contributed by atoms with E-state index in [9.17, 15) is 4.79 Å². The lowest BCUT2D eigenvalue weighted by Crippen LogP contribution is -2.29. The summed E-state index contributed by atoms with van der Waals surface area (Å²) in [5.74, 6) is 1.04. The second-order valence-corrected chi connectivity index (χ2v) is 7.64. The van der Waals surface area contributed by atoms with Gasteiger partial charge in [0.15, 0.2) is 0 Å². The number of benzene rings is 1. The van der Waals surface area contributed by atoms with Crippen LogP contribution in [0.2, 0.25) is 5.02 Å². The van der Waals surface area contributed by atoms with Crippen molar-refractivity contribution in [1.82, 2.24) is 9.55 Å². The lowest BCUT2D eigenvalue weighted by molar-refractivity contribution is 0.271. The van der Waals surface area contributed by atoms with E-state index in [-0.39, 0.29) is 11.6 Å². The summed E-state index contributed by atoms with van der Waals surface area (Å²) < 4.78 is 7.46. The Labute approximate surface area is 157 Å². The van der Waals surface area contributed by atoms with E-state index < -0.39 is 0 Å². The summed E-state index contributed by atoms with van der Waals surface area (Å²) in [6, 6.07) is 5.52. The minimum absolute atomic E-state index is 0.0593. The van der Waals surface area contributed by atoms with Crippen molar-refractivity contribution < 1.29 is 4.74 Å². The van der Waals surface area contributed by atoms with Gasteiger partial charge in [-0.1, -0.05) is 25.4 Å². The molecule has 1 aromatic carbocycles. The summed E-state index contributed by atoms with van der Waals surface area (Å²) in [7, 11) is 1.74. The maximum atomic E-state index is 12.7. The fourth-order valence-corrected chi connectivity index (χ4v) is 3.48. The number of hydrogen-bond acceptors (Lipinski definition) is 4. The first-order valence-corrected chi connectivity index (χ1v) is 9.12. The fourth-order valence-electron chi connectivity index (χ4n) is 3.26. The first-order valence-electron chi connectivity index (χ1n) is 8.75. The van der Waals surface area contributed by atoms with Crippen molar-refractivity contribution in [3.05, 3.63) is 45.5 Å². The molecule has 0 bridgehead atoms. The zero-order valence-electron chi connectivity index (χ0n) is 15.5. The largest absolute Gasteiger partial charge is 0.490 e. The van der Waals surface area contributed by atoms with E-state index in [1.807, 2.05) is 25.1 Å². The Morgan fingerprint density at radius 1 is 1.23 bits per heavy atom. The highest BCUT2D eigenvalue weighted by atomic mass is 35.5. The third kappa shape index (κ3) is 3.55. The van der Waals surface area contributed by atoms with Crippen LogP contribution >= 0.6 is 11.6 Å². The highest BCUT2D eigenvalue weighted by molar-refractivity contribution is 6.33. The van der Waals surface area contributed by atoms with Gasteiger partial charge >= 0.3 is 0 Å². The molecule has 0 radical (unpaired) electrons. The molecule has 2 aromatic heterocycles. The maximum absolute atomic E-state index is 12.7. The van der Waals surface area contributed by atoms with Crippen LogP contribution in [0.25, 0.3) is 21.7 Å². The highest BCUT2D eigenvalue weighted by Gasteiger charge is 2.14. The molecule has 138 valence electrons. The van der Waals surface area contributed by atoms with Crippen molar-refractivity contribution in [2.24, 2.45) is 18.7 Å². The zero-order chi connectivity index (χ0) is 19.0. The first kappa shape index (κ1) is 18.7. The lowest BCUT2D eigenvalue weighted by atomic mass is 10.1. The molecule has 0 aliphatic heterocycles. The van der Waals surface area contributed by atoms with Crippen LogP contribution in [0.1, 0.15) is 26.0 Å². The van der Waals surface area contributed by atoms with Gasteiger partial charge in [0.25, 0.3) is 5.56 Å². The summed E-state index contributed by atoms with van der Waals surface area (Å²) in [6.07, 6.45) is 2.50. The Bertz CT molecular complexity index is 1030. The minimum Gasteiger partial charge on any atom is -0.490 e. The van der Waals surface area contributed by atoms with Crippen molar-refractivity contribution in [3.63, 3.8) is 0 Å². The van der Waals surface area contributed by atoms with Gasteiger partial charge in [-0.25, -0.2) is 0 Å².